The van der Waals surface area contributed by atoms with Gasteiger partial charge in [-0.2, -0.15) is 4.57 Å². The van der Waals surface area contributed by atoms with Gasteiger partial charge in [0.15, 0.2) is 12.4 Å². The number of nitrogens with one attached hydrogen (secondary N) is 1. The van der Waals surface area contributed by atoms with E-state index in [0.29, 0.717) is 11.3 Å². The monoisotopic (exact) mass is 680 g/mol. The lowest BCUT2D eigenvalue weighted by molar-refractivity contribution is -0.686. The summed E-state index contributed by atoms with van der Waals surface area (Å²) < 4.78 is 11.8. The number of carbonyl (C=O) groups excluding carboxylic acids is 5. The van der Waals surface area contributed by atoms with Crippen molar-refractivity contribution in [3.05, 3.63) is 108 Å². The topological polar surface area (TPSA) is 139 Å². The molecule has 3 aromatic rings. The fourth-order valence-corrected chi connectivity index (χ4v) is 5.93. The number of benzene rings is 2. The van der Waals surface area contributed by atoms with Gasteiger partial charge in [-0.15, -0.1) is 0 Å². The molecule has 0 spiro atoms. The predicted octanol–water partition coefficient (Wildman–Crippen LogP) is 2.96. The number of hydrogen-bond donors (Lipinski definition) is 1. The smallest absolute Gasteiger partial charge is 0.372 e. The van der Waals surface area contributed by atoms with Crippen molar-refractivity contribution >= 4 is 41.1 Å². The van der Waals surface area contributed by atoms with Crippen LogP contribution in [0.5, 0.6) is 0 Å². The summed E-state index contributed by atoms with van der Waals surface area (Å²) in [6.45, 7) is 7.14. The Morgan fingerprint density at radius 3 is 2.32 bits per heavy atom. The third-order valence-electron chi connectivity index (χ3n) is 8.41. The van der Waals surface area contributed by atoms with Gasteiger partial charge in [0.1, 0.15) is 24.3 Å². The van der Waals surface area contributed by atoms with Gasteiger partial charge in [-0.1, -0.05) is 74.5 Å². The van der Waals surface area contributed by atoms with Gasteiger partial charge in [-0.3, -0.25) is 29.0 Å². The summed E-state index contributed by atoms with van der Waals surface area (Å²) in [5, 5.41) is 2.74. The summed E-state index contributed by atoms with van der Waals surface area (Å²) in [4.78, 5) is 75.4. The first-order valence-electron chi connectivity index (χ1n) is 16.4. The molecule has 0 saturated heterocycles. The summed E-state index contributed by atoms with van der Waals surface area (Å²) in [7, 11) is 1.29. The van der Waals surface area contributed by atoms with Crippen LogP contribution >= 0.6 is 0 Å². The van der Waals surface area contributed by atoms with E-state index in [9.17, 15) is 24.0 Å². The molecule has 50 heavy (non-hydrogen) atoms. The van der Waals surface area contributed by atoms with Crippen LogP contribution in [-0.2, 0) is 41.6 Å². The van der Waals surface area contributed by atoms with Gasteiger partial charge in [0, 0.05) is 18.7 Å². The van der Waals surface area contributed by atoms with Crippen molar-refractivity contribution < 1.29 is 38.0 Å². The molecule has 0 aliphatic carbocycles. The van der Waals surface area contributed by atoms with Crippen LogP contribution in [0.2, 0.25) is 0 Å². The number of methoxy groups -OCH3 is 1. The molecule has 2 aliphatic rings. The highest BCUT2D eigenvalue weighted by Crippen LogP contribution is 2.33. The summed E-state index contributed by atoms with van der Waals surface area (Å²) in [5.41, 5.74) is 1.45. The van der Waals surface area contributed by atoms with Gasteiger partial charge in [0.2, 0.25) is 18.2 Å². The minimum absolute atomic E-state index is 0.0447. The third kappa shape index (κ3) is 8.13. The van der Waals surface area contributed by atoms with Gasteiger partial charge in [-0.05, 0) is 37.0 Å². The minimum Gasteiger partial charge on any atom is -0.473 e. The van der Waals surface area contributed by atoms with E-state index < -0.39 is 47.1 Å². The minimum atomic E-state index is -1.09. The summed E-state index contributed by atoms with van der Waals surface area (Å²) in [6.07, 6.45) is 4.92. The molecular weight excluding hydrogens is 638 g/mol. The molecule has 0 fully saturated rings. The number of esters is 1. The van der Waals surface area contributed by atoms with Crippen molar-refractivity contribution in [3.8, 4) is 0 Å². The van der Waals surface area contributed by atoms with Gasteiger partial charge >= 0.3 is 5.97 Å². The molecule has 0 saturated carbocycles. The highest BCUT2D eigenvalue weighted by molar-refractivity contribution is 6.37. The molecule has 1 N–H and O–H groups in total. The first-order chi connectivity index (χ1) is 23.9. The lowest BCUT2D eigenvalue weighted by Crippen LogP contribution is -2.60. The van der Waals surface area contributed by atoms with E-state index in [0.717, 1.165) is 5.56 Å². The Kier molecular flexibility index (Phi) is 10.9. The normalized spacial score (nSPS) is 17.4. The molecule has 0 bridgehead atoms. The van der Waals surface area contributed by atoms with Crippen molar-refractivity contribution in [1.29, 1.82) is 0 Å². The third-order valence-corrected chi connectivity index (χ3v) is 8.41. The molecule has 1 aromatic heterocycles. The van der Waals surface area contributed by atoms with Crippen molar-refractivity contribution in [1.82, 2.24) is 15.1 Å². The lowest BCUT2D eigenvalue weighted by Gasteiger charge is -2.44. The zero-order valence-electron chi connectivity index (χ0n) is 28.9. The van der Waals surface area contributed by atoms with E-state index >= 15 is 0 Å². The molecule has 12 nitrogen and oxygen atoms in total. The Morgan fingerprint density at radius 2 is 1.70 bits per heavy atom. The van der Waals surface area contributed by atoms with Crippen LogP contribution < -0.4 is 9.88 Å². The highest BCUT2D eigenvalue weighted by Gasteiger charge is 2.45. The molecule has 0 radical (unpaired) electrons. The fourth-order valence-electron chi connectivity index (χ4n) is 5.93. The van der Waals surface area contributed by atoms with E-state index in [1.807, 2.05) is 64.1 Å². The Morgan fingerprint density at radius 1 is 1.02 bits per heavy atom. The predicted molar refractivity (Wildman–Crippen MR) is 184 cm³/mol. The number of carbonyl (C=O) groups is 5. The van der Waals surface area contributed by atoms with E-state index in [-0.39, 0.29) is 43.5 Å². The van der Waals surface area contributed by atoms with Crippen LogP contribution in [0.25, 0.3) is 5.70 Å². The first kappa shape index (κ1) is 35.7. The van der Waals surface area contributed by atoms with Crippen molar-refractivity contribution in [3.63, 3.8) is 0 Å². The maximum absolute atomic E-state index is 14.8. The largest absolute Gasteiger partial charge is 0.473 e. The summed E-state index contributed by atoms with van der Waals surface area (Å²) in [5.74, 6) is -2.83. The van der Waals surface area contributed by atoms with Gasteiger partial charge in [0.05, 0.1) is 24.9 Å². The molecule has 12 heteroatoms. The van der Waals surface area contributed by atoms with Crippen LogP contribution in [0.1, 0.15) is 49.2 Å². The Labute approximate surface area is 291 Å². The quantitative estimate of drug-likeness (QED) is 0.229. The number of rotatable bonds is 12. The number of ketones is 1. The van der Waals surface area contributed by atoms with Crippen LogP contribution in [0, 0.1) is 5.92 Å². The number of nitrogens with zero attached hydrogens (tertiary/aromatic N) is 4. The average Bonchev–Trinajstić information content (AvgIpc) is 3.49. The zero-order valence-corrected chi connectivity index (χ0v) is 28.9. The molecule has 3 heterocycles. The van der Waals surface area contributed by atoms with Gasteiger partial charge < -0.3 is 14.8 Å². The van der Waals surface area contributed by atoms with Crippen LogP contribution in [0.15, 0.2) is 96.4 Å². The number of aliphatic imine (C=N–C) groups is 1. The second-order valence-corrected chi connectivity index (χ2v) is 13.2. The first-order valence-corrected chi connectivity index (χ1v) is 16.4. The Bertz CT molecular complexity index is 1820. The highest BCUT2D eigenvalue weighted by atomic mass is 16.5. The molecular formula is C38H42N5O7+. The molecule has 2 aromatic carbocycles. The number of hydrogen-bond acceptors (Lipinski definition) is 8. The second-order valence-electron chi connectivity index (χ2n) is 13.2. The van der Waals surface area contributed by atoms with E-state index in [1.54, 1.807) is 48.8 Å². The number of amides is 3. The van der Waals surface area contributed by atoms with Crippen LogP contribution in [-0.4, -0.2) is 83.1 Å². The molecule has 5 rings (SSSR count). The number of aromatic nitrogens is 1. The fraction of sp³-hybridized carbons (Fsp3) is 0.342. The lowest BCUT2D eigenvalue weighted by atomic mass is 9.93. The van der Waals surface area contributed by atoms with Gasteiger partial charge in [0.25, 0.3) is 17.7 Å². The molecule has 260 valence electrons. The van der Waals surface area contributed by atoms with E-state index in [2.05, 4.69) is 10.3 Å². The van der Waals surface area contributed by atoms with Crippen LogP contribution in [0.4, 0.5) is 0 Å². The summed E-state index contributed by atoms with van der Waals surface area (Å²) >= 11 is 0. The van der Waals surface area contributed by atoms with Crippen molar-refractivity contribution in [2.45, 2.75) is 58.3 Å². The van der Waals surface area contributed by atoms with Gasteiger partial charge in [-0.25, -0.2) is 9.79 Å². The van der Waals surface area contributed by atoms with Crippen molar-refractivity contribution in [2.75, 3.05) is 20.3 Å². The SMILES string of the molecule is COC(=O)C[n+]1cccc(C(=O)N2C=C(c3ccccc3)N([C@@H](Cc3ccccc3)C(=O)NCC(=O)C3=NC(C)(C)CO3)C(=O)[C@H]2C(C)C)c1. The molecule has 3 amide bonds. The second kappa shape index (κ2) is 15.3. The molecule has 2 aliphatic heterocycles. The number of pyridine rings is 1. The standard InChI is InChI=1S/C38H41N5O7/c1-25(2)33-37(48)43(29(19-26-13-8-6-9-14-26)34(46)39-20-31(44)35-40-38(3,4)24-50-35)30(27-15-10-7-11-16-27)22-42(33)36(47)28-17-12-18-41(21-28)23-32(45)49-5/h6-18,21-22,25,29,33H,19-20,23-24H2,1-5H3/p+1/t29-,33+/m0/s1. The average molecular weight is 681 g/mol. The molecule has 0 unspecified atom stereocenters. The molecule has 2 atom stereocenters. The summed E-state index contributed by atoms with van der Waals surface area (Å²) in [6, 6.07) is 19.5. The Hall–Kier alpha value is -5.65. The van der Waals surface area contributed by atoms with E-state index in [1.165, 1.54) is 27.7 Å². The zero-order chi connectivity index (χ0) is 36.0. The number of ether oxygens (including phenoxy) is 2. The van der Waals surface area contributed by atoms with E-state index in [4.69, 9.17) is 9.47 Å². The Balaban J connectivity index is 1.56. The van der Waals surface area contributed by atoms with Crippen LogP contribution in [0.3, 0.4) is 0 Å². The maximum Gasteiger partial charge on any atom is 0.372 e. The number of Topliss-reactive ketones (excluding diaryl/α,β-unsaturated/α-hetero) is 1. The maximum atomic E-state index is 14.8. The van der Waals surface area contributed by atoms with Crippen molar-refractivity contribution in [2.24, 2.45) is 10.9 Å².